The molecule has 0 fully saturated rings. The van der Waals surface area contributed by atoms with Gasteiger partial charge in [0.15, 0.2) is 0 Å². The topological polar surface area (TPSA) is 80.3 Å². The lowest BCUT2D eigenvalue weighted by Crippen LogP contribution is -2.41. The normalized spacial score (nSPS) is 11.1. The highest BCUT2D eigenvalue weighted by atomic mass is 32.1. The number of carbonyl (C=O) groups is 2. The van der Waals surface area contributed by atoms with E-state index >= 15 is 0 Å². The van der Waals surface area contributed by atoms with Crippen molar-refractivity contribution in [1.29, 1.82) is 0 Å². The fraction of sp³-hybridized carbons (Fsp3) is 0.353. The monoisotopic (exact) mass is 401 g/mol. The minimum Gasteiger partial charge on any atom is -0.494 e. The molecule has 0 atom stereocenters. The van der Waals surface area contributed by atoms with Gasteiger partial charge in [0.1, 0.15) is 17.3 Å². The number of hydrogen-bond acceptors (Lipinski definition) is 5. The number of amides is 2. The molecule has 2 N–H and O–H groups in total. The van der Waals surface area contributed by atoms with E-state index in [2.05, 4.69) is 10.3 Å². The van der Waals surface area contributed by atoms with Gasteiger partial charge in [-0.2, -0.15) is 13.2 Å². The summed E-state index contributed by atoms with van der Waals surface area (Å²) in [6.07, 6.45) is -4.56. The zero-order valence-electron chi connectivity index (χ0n) is 14.4. The summed E-state index contributed by atoms with van der Waals surface area (Å²) in [5.41, 5.74) is 1.39. The Morgan fingerprint density at radius 3 is 2.48 bits per heavy atom. The molecule has 10 heteroatoms. The Balaban J connectivity index is 1.82. The number of thiazole rings is 1. The smallest absolute Gasteiger partial charge is 0.405 e. The molecule has 1 aromatic heterocycles. The number of aromatic nitrogens is 1. The van der Waals surface area contributed by atoms with Crippen LogP contribution in [0.2, 0.25) is 0 Å². The highest BCUT2D eigenvalue weighted by Gasteiger charge is 2.27. The first-order valence-corrected chi connectivity index (χ1v) is 8.92. The van der Waals surface area contributed by atoms with E-state index in [1.165, 1.54) is 11.3 Å². The fourth-order valence-electron chi connectivity index (χ4n) is 2.05. The molecule has 6 nitrogen and oxygen atoms in total. The second kappa shape index (κ2) is 9.36. The Morgan fingerprint density at radius 2 is 1.85 bits per heavy atom. The number of hydrogen-bond donors (Lipinski definition) is 2. The van der Waals surface area contributed by atoms with Gasteiger partial charge >= 0.3 is 6.18 Å². The van der Waals surface area contributed by atoms with Crippen LogP contribution in [0.25, 0.3) is 10.6 Å². The SMILES string of the molecule is CCOc1ccc(-c2nc(CC(=O)NCC(=O)NCC(F)(F)F)cs2)cc1. The molecule has 2 amide bonds. The van der Waals surface area contributed by atoms with Crippen LogP contribution in [0.5, 0.6) is 5.75 Å². The van der Waals surface area contributed by atoms with Gasteiger partial charge in [-0.1, -0.05) is 0 Å². The minimum atomic E-state index is -4.49. The third-order valence-corrected chi connectivity index (χ3v) is 4.18. The molecule has 2 rings (SSSR count). The summed E-state index contributed by atoms with van der Waals surface area (Å²) < 4.78 is 41.3. The number of carbonyl (C=O) groups excluding carboxylic acids is 2. The summed E-state index contributed by atoms with van der Waals surface area (Å²) in [7, 11) is 0. The highest BCUT2D eigenvalue weighted by molar-refractivity contribution is 7.13. The van der Waals surface area contributed by atoms with Gasteiger partial charge in [0.2, 0.25) is 11.8 Å². The van der Waals surface area contributed by atoms with Crippen molar-refractivity contribution in [3.63, 3.8) is 0 Å². The molecule has 27 heavy (non-hydrogen) atoms. The maximum Gasteiger partial charge on any atom is 0.405 e. The molecule has 0 saturated carbocycles. The van der Waals surface area contributed by atoms with Gasteiger partial charge in [0.25, 0.3) is 0 Å². The minimum absolute atomic E-state index is 0.0694. The Hall–Kier alpha value is -2.62. The first kappa shape index (κ1) is 20.7. The van der Waals surface area contributed by atoms with Crippen molar-refractivity contribution in [1.82, 2.24) is 15.6 Å². The zero-order valence-corrected chi connectivity index (χ0v) is 15.2. The van der Waals surface area contributed by atoms with Gasteiger partial charge in [0.05, 0.1) is 25.3 Å². The van der Waals surface area contributed by atoms with Crippen LogP contribution in [0.15, 0.2) is 29.6 Å². The predicted molar refractivity (Wildman–Crippen MR) is 94.5 cm³/mol. The summed E-state index contributed by atoms with van der Waals surface area (Å²) in [5, 5.41) is 6.39. The second-order valence-electron chi connectivity index (χ2n) is 5.45. The molecule has 1 aromatic carbocycles. The van der Waals surface area contributed by atoms with Crippen LogP contribution in [0.3, 0.4) is 0 Å². The van der Waals surface area contributed by atoms with E-state index in [4.69, 9.17) is 4.74 Å². The first-order valence-electron chi connectivity index (χ1n) is 8.04. The molecule has 0 bridgehead atoms. The van der Waals surface area contributed by atoms with E-state index in [0.717, 1.165) is 16.3 Å². The molecule has 2 aromatic rings. The first-order chi connectivity index (χ1) is 12.8. The van der Waals surface area contributed by atoms with Crippen LogP contribution in [-0.2, 0) is 16.0 Å². The maximum absolute atomic E-state index is 12.0. The van der Waals surface area contributed by atoms with Gasteiger partial charge in [-0.25, -0.2) is 4.98 Å². The second-order valence-corrected chi connectivity index (χ2v) is 6.30. The van der Waals surface area contributed by atoms with Crippen LogP contribution < -0.4 is 15.4 Å². The molecular weight excluding hydrogens is 383 g/mol. The van der Waals surface area contributed by atoms with E-state index in [9.17, 15) is 22.8 Å². The lowest BCUT2D eigenvalue weighted by Gasteiger charge is -2.08. The average Bonchev–Trinajstić information content (AvgIpc) is 3.07. The summed E-state index contributed by atoms with van der Waals surface area (Å²) in [4.78, 5) is 27.4. The zero-order chi connectivity index (χ0) is 19.9. The Kier molecular flexibility index (Phi) is 7.17. The lowest BCUT2D eigenvalue weighted by molar-refractivity contribution is -0.138. The quantitative estimate of drug-likeness (QED) is 0.713. The van der Waals surface area contributed by atoms with Crippen molar-refractivity contribution < 1.29 is 27.5 Å². The van der Waals surface area contributed by atoms with Crippen LogP contribution in [0.1, 0.15) is 12.6 Å². The van der Waals surface area contributed by atoms with Crippen molar-refractivity contribution in [3.8, 4) is 16.3 Å². The Morgan fingerprint density at radius 1 is 1.15 bits per heavy atom. The number of halogens is 3. The summed E-state index contributed by atoms with van der Waals surface area (Å²) in [5.74, 6) is -0.657. The molecular formula is C17H18F3N3O3S. The van der Waals surface area contributed by atoms with Crippen molar-refractivity contribution in [3.05, 3.63) is 35.3 Å². The molecule has 0 saturated heterocycles. The van der Waals surface area contributed by atoms with Crippen molar-refractivity contribution >= 4 is 23.2 Å². The van der Waals surface area contributed by atoms with Gasteiger partial charge in [-0.15, -0.1) is 11.3 Å². The van der Waals surface area contributed by atoms with Crippen LogP contribution in [0, 0.1) is 0 Å². The number of nitrogens with one attached hydrogen (secondary N) is 2. The molecule has 0 aliphatic carbocycles. The number of nitrogens with zero attached hydrogens (tertiary/aromatic N) is 1. The predicted octanol–water partition coefficient (Wildman–Crippen LogP) is 2.55. The van der Waals surface area contributed by atoms with Gasteiger partial charge in [-0.3, -0.25) is 9.59 Å². The third-order valence-electron chi connectivity index (χ3n) is 3.24. The van der Waals surface area contributed by atoms with E-state index in [0.29, 0.717) is 12.3 Å². The Labute approximate surface area is 157 Å². The summed E-state index contributed by atoms with van der Waals surface area (Å²) >= 11 is 1.36. The molecule has 0 aliphatic rings. The molecule has 0 radical (unpaired) electrons. The standard InChI is InChI=1S/C17H18F3N3O3S/c1-2-26-13-5-3-11(4-6-13)16-23-12(9-27-16)7-14(24)21-8-15(25)22-10-17(18,19)20/h3-6,9H,2,7-8,10H2,1H3,(H,21,24)(H,22,25). The van der Waals surface area contributed by atoms with E-state index in [1.807, 2.05) is 31.2 Å². The molecule has 0 unspecified atom stereocenters. The van der Waals surface area contributed by atoms with E-state index in [-0.39, 0.29) is 6.42 Å². The van der Waals surface area contributed by atoms with Gasteiger partial charge < -0.3 is 15.4 Å². The number of benzene rings is 1. The summed E-state index contributed by atoms with van der Waals surface area (Å²) in [6, 6.07) is 7.37. The van der Waals surface area contributed by atoms with Crippen LogP contribution in [-0.4, -0.2) is 42.7 Å². The van der Waals surface area contributed by atoms with E-state index < -0.39 is 31.1 Å². The number of rotatable bonds is 8. The molecule has 146 valence electrons. The number of alkyl halides is 3. The van der Waals surface area contributed by atoms with Crippen molar-refractivity contribution in [2.75, 3.05) is 19.7 Å². The van der Waals surface area contributed by atoms with Crippen molar-refractivity contribution in [2.24, 2.45) is 0 Å². The lowest BCUT2D eigenvalue weighted by atomic mass is 10.2. The largest absolute Gasteiger partial charge is 0.494 e. The highest BCUT2D eigenvalue weighted by Crippen LogP contribution is 2.26. The maximum atomic E-state index is 12.0. The van der Waals surface area contributed by atoms with Crippen LogP contribution in [0.4, 0.5) is 13.2 Å². The van der Waals surface area contributed by atoms with Gasteiger partial charge in [0, 0.05) is 10.9 Å². The molecule has 0 aliphatic heterocycles. The molecule has 1 heterocycles. The summed E-state index contributed by atoms with van der Waals surface area (Å²) in [6.45, 7) is 0.514. The fourth-order valence-corrected chi connectivity index (χ4v) is 2.87. The Bertz CT molecular complexity index is 776. The molecule has 0 spiro atoms. The van der Waals surface area contributed by atoms with Gasteiger partial charge in [-0.05, 0) is 31.2 Å². The van der Waals surface area contributed by atoms with Crippen molar-refractivity contribution in [2.45, 2.75) is 19.5 Å². The van der Waals surface area contributed by atoms with E-state index in [1.54, 1.807) is 10.7 Å². The number of ether oxygens (including phenoxy) is 1. The average molecular weight is 401 g/mol. The third kappa shape index (κ3) is 7.26. The van der Waals surface area contributed by atoms with Crippen LogP contribution >= 0.6 is 11.3 Å².